The number of nitrogens with zero attached hydrogens (tertiary/aromatic N) is 4. The smallest absolute Gasteiger partial charge is 0.146 e. The molecule has 3 aromatic rings. The molecule has 7 heteroatoms. The van der Waals surface area contributed by atoms with Gasteiger partial charge in [0.05, 0.1) is 5.39 Å². The Morgan fingerprint density at radius 1 is 1.19 bits per heavy atom. The molecule has 0 bridgehead atoms. The molecule has 142 valence electrons. The van der Waals surface area contributed by atoms with Crippen molar-refractivity contribution in [3.05, 3.63) is 36.8 Å². The number of aromatic nitrogens is 3. The van der Waals surface area contributed by atoms with Gasteiger partial charge in [0.15, 0.2) is 0 Å². The topological polar surface area (TPSA) is 80.2 Å². The molecule has 0 unspecified atom stereocenters. The molecule has 1 aliphatic carbocycles. The maximum Gasteiger partial charge on any atom is 0.146 e. The molecule has 1 aromatic carbocycles. The molecule has 1 saturated heterocycles. The van der Waals surface area contributed by atoms with Crippen LogP contribution in [0.5, 0.6) is 5.75 Å². The number of hydrogen-bond acceptors (Lipinski definition) is 5. The monoisotopic (exact) mass is 389 g/mol. The van der Waals surface area contributed by atoms with Gasteiger partial charge in [0, 0.05) is 62.1 Å². The standard InChI is InChI=1S/C20H23N5O.Ar/c21-19-18-17(14-3-1-4-16(26)9-14)11-25(20(18)23-12-22-19)15-7-13(8-15)10-24-5-2-6-24;/h1,3-4,9,11-13,15,26H,2,5-8,10H2,(H2,21,22,23);/t13-,15+;. The summed E-state index contributed by atoms with van der Waals surface area (Å²) >= 11 is 0. The number of fused-ring (bicyclic) bond motifs is 1. The SMILES string of the molecule is Nc1ncnc2c1c(-c1cccc(O)c1)cn2[C@H]1C[C@@H](CN2CCC2)C1.[Ar]. The normalized spacial score (nSPS) is 22.1. The first kappa shape index (κ1) is 19.0. The number of hydrogen-bond donors (Lipinski definition) is 2. The zero-order valence-electron chi connectivity index (χ0n) is 15.0. The van der Waals surface area contributed by atoms with Crippen LogP contribution in [0, 0.1) is 43.7 Å². The first-order valence-electron chi connectivity index (χ1n) is 9.32. The van der Waals surface area contributed by atoms with Crippen LogP contribution in [-0.4, -0.2) is 44.2 Å². The summed E-state index contributed by atoms with van der Waals surface area (Å²) in [6.07, 6.45) is 7.39. The minimum Gasteiger partial charge on any atom is -0.508 e. The van der Waals surface area contributed by atoms with Gasteiger partial charge in [-0.2, -0.15) is 0 Å². The quantitative estimate of drug-likeness (QED) is 0.717. The Balaban J connectivity index is 0.00000180. The van der Waals surface area contributed by atoms with Crippen LogP contribution in [0.3, 0.4) is 0 Å². The van der Waals surface area contributed by atoms with E-state index in [4.69, 9.17) is 5.73 Å². The molecule has 0 atom stereocenters. The predicted molar refractivity (Wildman–Crippen MR) is 102 cm³/mol. The molecular weight excluding hydrogens is 366 g/mol. The van der Waals surface area contributed by atoms with Gasteiger partial charge in [-0.1, -0.05) is 12.1 Å². The Morgan fingerprint density at radius 2 is 2.00 bits per heavy atom. The summed E-state index contributed by atoms with van der Waals surface area (Å²) in [7, 11) is 0. The van der Waals surface area contributed by atoms with Gasteiger partial charge >= 0.3 is 0 Å². The van der Waals surface area contributed by atoms with Crippen LogP contribution in [0.4, 0.5) is 5.82 Å². The van der Waals surface area contributed by atoms with Crippen LogP contribution >= 0.6 is 0 Å². The van der Waals surface area contributed by atoms with Gasteiger partial charge in [-0.25, -0.2) is 9.97 Å². The van der Waals surface area contributed by atoms with Crippen molar-refractivity contribution in [1.82, 2.24) is 19.4 Å². The summed E-state index contributed by atoms with van der Waals surface area (Å²) in [6.45, 7) is 3.75. The third-order valence-corrected chi connectivity index (χ3v) is 5.87. The minimum atomic E-state index is 0. The van der Waals surface area contributed by atoms with Gasteiger partial charge in [0.25, 0.3) is 0 Å². The summed E-state index contributed by atoms with van der Waals surface area (Å²) in [5.74, 6) is 1.52. The molecule has 27 heavy (non-hydrogen) atoms. The van der Waals surface area contributed by atoms with Crippen molar-refractivity contribution in [1.29, 1.82) is 0 Å². The van der Waals surface area contributed by atoms with E-state index in [0.717, 1.165) is 28.1 Å². The molecule has 2 aromatic heterocycles. The molecular formula is C20H23ArN5O. The van der Waals surface area contributed by atoms with Crippen molar-refractivity contribution in [2.24, 2.45) is 5.92 Å². The van der Waals surface area contributed by atoms with E-state index < -0.39 is 0 Å². The van der Waals surface area contributed by atoms with Gasteiger partial charge in [0.1, 0.15) is 23.5 Å². The van der Waals surface area contributed by atoms with Crippen LogP contribution in [0.15, 0.2) is 36.8 Å². The number of aromatic hydroxyl groups is 1. The number of benzene rings is 1. The summed E-state index contributed by atoms with van der Waals surface area (Å²) in [4.78, 5) is 11.3. The van der Waals surface area contributed by atoms with Gasteiger partial charge < -0.3 is 20.3 Å². The van der Waals surface area contributed by atoms with Crippen LogP contribution in [-0.2, 0) is 0 Å². The van der Waals surface area contributed by atoms with E-state index in [0.29, 0.717) is 11.9 Å². The zero-order valence-corrected chi connectivity index (χ0v) is 15.7. The van der Waals surface area contributed by atoms with Crippen LogP contribution in [0.25, 0.3) is 22.2 Å². The van der Waals surface area contributed by atoms with Gasteiger partial charge in [-0.15, -0.1) is 0 Å². The average Bonchev–Trinajstić information content (AvgIpc) is 2.93. The van der Waals surface area contributed by atoms with Crippen molar-refractivity contribution < 1.29 is 42.8 Å². The summed E-state index contributed by atoms with van der Waals surface area (Å²) in [6, 6.07) is 7.73. The second-order valence-electron chi connectivity index (χ2n) is 7.60. The third kappa shape index (κ3) is 3.44. The number of nitrogens with two attached hydrogens (primary N) is 1. The van der Waals surface area contributed by atoms with E-state index in [2.05, 4.69) is 25.6 Å². The minimum absolute atomic E-state index is 0. The number of phenolic OH excluding ortho intramolecular Hbond substituents is 1. The van der Waals surface area contributed by atoms with E-state index in [1.165, 1.54) is 45.2 Å². The van der Waals surface area contributed by atoms with Crippen molar-refractivity contribution in [3.8, 4) is 16.9 Å². The summed E-state index contributed by atoms with van der Waals surface area (Å²) in [5.41, 5.74) is 9.01. The summed E-state index contributed by atoms with van der Waals surface area (Å²) in [5, 5.41) is 10.7. The fraction of sp³-hybridized carbons (Fsp3) is 0.400. The van der Waals surface area contributed by atoms with E-state index >= 15 is 0 Å². The molecule has 0 spiro atoms. The fourth-order valence-electron chi connectivity index (χ4n) is 4.29. The van der Waals surface area contributed by atoms with Crippen LogP contribution < -0.4 is 5.73 Å². The molecule has 3 heterocycles. The van der Waals surface area contributed by atoms with Crippen molar-refractivity contribution in [2.45, 2.75) is 25.3 Å². The molecule has 5 rings (SSSR count). The van der Waals surface area contributed by atoms with Gasteiger partial charge in [-0.3, -0.25) is 0 Å². The molecule has 0 amide bonds. The molecule has 1 saturated carbocycles. The average molecular weight is 389 g/mol. The Labute approximate surface area is 188 Å². The number of rotatable bonds is 4. The summed E-state index contributed by atoms with van der Waals surface area (Å²) < 4.78 is 2.26. The first-order chi connectivity index (χ1) is 12.7. The van der Waals surface area contributed by atoms with E-state index in [9.17, 15) is 5.11 Å². The van der Waals surface area contributed by atoms with Gasteiger partial charge in [-0.05, 0) is 56.0 Å². The van der Waals surface area contributed by atoms with Crippen LogP contribution in [0.2, 0.25) is 0 Å². The van der Waals surface area contributed by atoms with Crippen LogP contribution in [0.1, 0.15) is 25.3 Å². The maximum atomic E-state index is 9.86. The Hall–Kier alpha value is -1.34. The predicted octanol–water partition coefficient (Wildman–Crippen LogP) is 3.04. The number of nitrogen functional groups attached to an aromatic ring is 1. The molecule has 1 aliphatic heterocycles. The fourth-order valence-corrected chi connectivity index (χ4v) is 4.29. The zero-order chi connectivity index (χ0) is 17.7. The largest absolute Gasteiger partial charge is 0.508 e. The Morgan fingerprint density at radius 3 is 2.70 bits per heavy atom. The molecule has 6 nitrogen and oxygen atoms in total. The van der Waals surface area contributed by atoms with E-state index in [-0.39, 0.29) is 43.5 Å². The molecule has 2 fully saturated rings. The number of likely N-dealkylation sites (tertiary alicyclic amines) is 1. The maximum absolute atomic E-state index is 9.86. The first-order valence-corrected chi connectivity index (χ1v) is 9.32. The van der Waals surface area contributed by atoms with Crippen molar-refractivity contribution in [3.63, 3.8) is 0 Å². The van der Waals surface area contributed by atoms with Crippen molar-refractivity contribution in [2.75, 3.05) is 25.4 Å². The number of phenols is 1. The molecule has 0 radical (unpaired) electrons. The van der Waals surface area contributed by atoms with E-state index in [1.807, 2.05) is 12.1 Å². The molecule has 3 N–H and O–H groups in total. The Kier molecular flexibility index (Phi) is 5.34. The number of anilines is 1. The van der Waals surface area contributed by atoms with Gasteiger partial charge in [0.2, 0.25) is 0 Å². The molecule has 2 aliphatic rings. The third-order valence-electron chi connectivity index (χ3n) is 5.87. The van der Waals surface area contributed by atoms with Crippen molar-refractivity contribution >= 4 is 16.9 Å². The van der Waals surface area contributed by atoms with E-state index in [1.54, 1.807) is 12.1 Å². The second kappa shape index (κ2) is 7.59. The second-order valence-corrected chi connectivity index (χ2v) is 7.60. The Bertz CT molecular complexity index is 962.